The van der Waals surface area contributed by atoms with E-state index in [4.69, 9.17) is 9.47 Å². The average Bonchev–Trinajstić information content (AvgIpc) is 2.98. The van der Waals surface area contributed by atoms with E-state index in [1.165, 1.54) is 23.8 Å². The quantitative estimate of drug-likeness (QED) is 0.680. The summed E-state index contributed by atoms with van der Waals surface area (Å²) in [7, 11) is -1.91. The monoisotopic (exact) mass is 368 g/mol. The number of ether oxygens (including phenoxy) is 2. The number of methoxy groups -OCH3 is 1. The number of sulfonamides is 1. The van der Waals surface area contributed by atoms with Crippen LogP contribution >= 0.6 is 0 Å². The first kappa shape index (κ1) is 16.8. The predicted molar refractivity (Wildman–Crippen MR) is 86.3 cm³/mol. The number of morpholine rings is 1. The molecule has 3 fully saturated rings. The summed E-state index contributed by atoms with van der Waals surface area (Å²) in [5.41, 5.74) is -0.410. The molecule has 0 aromatic carbocycles. The standard InChI is InChI=1S/C15H20N4O5S/c1-23-5-4-19-10-15-9-18(14(20)11-2-3-16-17-7-11)8-12(24-15)6-13(15)25(19,21)22/h2-3,7,12-13H,4-6,8-10H2,1H3/t12-,13+,15+/m1/s1. The van der Waals surface area contributed by atoms with Crippen molar-refractivity contribution in [3.63, 3.8) is 0 Å². The Morgan fingerprint density at radius 3 is 3.00 bits per heavy atom. The normalized spacial score (nSPS) is 33.4. The Balaban J connectivity index is 1.59. The molecule has 3 aliphatic heterocycles. The minimum atomic E-state index is -3.45. The van der Waals surface area contributed by atoms with Crippen LogP contribution in [0.25, 0.3) is 0 Å². The van der Waals surface area contributed by atoms with Gasteiger partial charge in [0, 0.05) is 26.7 Å². The van der Waals surface area contributed by atoms with Gasteiger partial charge in [0.25, 0.3) is 5.91 Å². The number of hydrogen-bond donors (Lipinski definition) is 0. The lowest BCUT2D eigenvalue weighted by Gasteiger charge is -2.39. The van der Waals surface area contributed by atoms with E-state index in [9.17, 15) is 13.2 Å². The summed E-state index contributed by atoms with van der Waals surface area (Å²) in [5, 5.41) is 6.82. The maximum atomic E-state index is 12.8. The largest absolute Gasteiger partial charge is 0.383 e. The number of hydrogen-bond acceptors (Lipinski definition) is 7. The molecule has 10 heteroatoms. The lowest BCUT2D eigenvalue weighted by atomic mass is 9.99. The van der Waals surface area contributed by atoms with E-state index in [-0.39, 0.29) is 25.1 Å². The van der Waals surface area contributed by atoms with Crippen LogP contribution in [-0.4, -0.2) is 90.6 Å². The van der Waals surface area contributed by atoms with Crippen molar-refractivity contribution in [1.82, 2.24) is 19.4 Å². The molecule has 0 aliphatic carbocycles. The van der Waals surface area contributed by atoms with Gasteiger partial charge in [0.05, 0.1) is 37.2 Å². The maximum Gasteiger partial charge on any atom is 0.255 e. The van der Waals surface area contributed by atoms with Gasteiger partial charge in [-0.05, 0) is 12.5 Å². The highest BCUT2D eigenvalue weighted by Crippen LogP contribution is 2.46. The number of fused-ring (bicyclic) bond motifs is 1. The molecule has 1 amide bonds. The third-order valence-corrected chi connectivity index (χ3v) is 7.55. The summed E-state index contributed by atoms with van der Waals surface area (Å²) in [6.45, 7) is 1.55. The second-order valence-corrected chi connectivity index (χ2v) is 8.83. The van der Waals surface area contributed by atoms with Crippen molar-refractivity contribution in [3.8, 4) is 0 Å². The summed E-state index contributed by atoms with van der Waals surface area (Å²) >= 11 is 0. The van der Waals surface area contributed by atoms with Gasteiger partial charge in [0.2, 0.25) is 10.0 Å². The summed E-state index contributed by atoms with van der Waals surface area (Å²) in [5.74, 6) is -0.170. The van der Waals surface area contributed by atoms with Crippen LogP contribution in [0.15, 0.2) is 18.5 Å². The van der Waals surface area contributed by atoms with Gasteiger partial charge in [-0.25, -0.2) is 8.42 Å². The molecule has 1 spiro atoms. The molecule has 1 aromatic rings. The average molecular weight is 368 g/mol. The fourth-order valence-corrected chi connectivity index (χ4v) is 6.39. The molecule has 0 unspecified atom stereocenters. The summed E-state index contributed by atoms with van der Waals surface area (Å²) < 4.78 is 38.2. The molecule has 9 nitrogen and oxygen atoms in total. The highest BCUT2D eigenvalue weighted by molar-refractivity contribution is 7.90. The van der Waals surface area contributed by atoms with Gasteiger partial charge in [-0.2, -0.15) is 14.5 Å². The first-order valence-corrected chi connectivity index (χ1v) is 9.68. The van der Waals surface area contributed by atoms with Crippen LogP contribution in [0, 0.1) is 0 Å². The van der Waals surface area contributed by atoms with Crippen molar-refractivity contribution in [2.45, 2.75) is 23.4 Å². The smallest absolute Gasteiger partial charge is 0.255 e. The van der Waals surface area contributed by atoms with Crippen molar-refractivity contribution in [1.29, 1.82) is 0 Å². The first-order chi connectivity index (χ1) is 12.0. The number of rotatable bonds is 4. The topological polar surface area (TPSA) is 102 Å². The molecule has 4 heterocycles. The molecule has 0 saturated carbocycles. The molecular weight excluding hydrogens is 348 g/mol. The van der Waals surface area contributed by atoms with Crippen molar-refractivity contribution in [2.24, 2.45) is 0 Å². The molecule has 0 radical (unpaired) electrons. The maximum absolute atomic E-state index is 12.8. The summed E-state index contributed by atoms with van der Waals surface area (Å²) in [6, 6.07) is 1.61. The minimum absolute atomic E-state index is 0.170. The van der Waals surface area contributed by atoms with Crippen LogP contribution in [0.1, 0.15) is 16.8 Å². The highest BCUT2D eigenvalue weighted by Gasteiger charge is 2.65. The Morgan fingerprint density at radius 2 is 2.28 bits per heavy atom. The Bertz CT molecular complexity index is 773. The molecule has 3 atom stereocenters. The molecule has 25 heavy (non-hydrogen) atoms. The molecule has 3 aliphatic rings. The molecule has 3 saturated heterocycles. The van der Waals surface area contributed by atoms with Crippen molar-refractivity contribution in [2.75, 3.05) is 39.9 Å². The molecular formula is C15H20N4O5S. The third kappa shape index (κ3) is 2.64. The second kappa shape index (κ2) is 5.97. The lowest BCUT2D eigenvalue weighted by molar-refractivity contribution is -0.0981. The Hall–Kier alpha value is -1.62. The fourth-order valence-electron chi connectivity index (χ4n) is 4.10. The van der Waals surface area contributed by atoms with Crippen LogP contribution in [0.4, 0.5) is 0 Å². The van der Waals surface area contributed by atoms with E-state index < -0.39 is 20.9 Å². The molecule has 1 aromatic heterocycles. The Kier molecular flexibility index (Phi) is 4.02. The van der Waals surface area contributed by atoms with Crippen LogP contribution in [0.5, 0.6) is 0 Å². The summed E-state index contributed by atoms with van der Waals surface area (Å²) in [4.78, 5) is 14.4. The van der Waals surface area contributed by atoms with Gasteiger partial charge in [-0.1, -0.05) is 0 Å². The van der Waals surface area contributed by atoms with Crippen molar-refractivity contribution in [3.05, 3.63) is 24.0 Å². The fraction of sp³-hybridized carbons (Fsp3) is 0.667. The predicted octanol–water partition coefficient (Wildman–Crippen LogP) is -0.879. The van der Waals surface area contributed by atoms with Gasteiger partial charge in [0.1, 0.15) is 10.9 Å². The van der Waals surface area contributed by atoms with E-state index in [2.05, 4.69) is 10.2 Å². The number of carbonyl (C=O) groups excluding carboxylic acids is 1. The molecule has 0 N–H and O–H groups in total. The van der Waals surface area contributed by atoms with Gasteiger partial charge < -0.3 is 14.4 Å². The first-order valence-electron chi connectivity index (χ1n) is 8.18. The van der Waals surface area contributed by atoms with E-state index in [0.717, 1.165) is 0 Å². The third-order valence-electron chi connectivity index (χ3n) is 5.17. The zero-order chi connectivity index (χ0) is 17.7. The van der Waals surface area contributed by atoms with Gasteiger partial charge in [-0.15, -0.1) is 0 Å². The van der Waals surface area contributed by atoms with Gasteiger partial charge >= 0.3 is 0 Å². The van der Waals surface area contributed by atoms with Crippen LogP contribution in [0.3, 0.4) is 0 Å². The van der Waals surface area contributed by atoms with Crippen molar-refractivity contribution < 1.29 is 22.7 Å². The van der Waals surface area contributed by atoms with Crippen LogP contribution in [0.2, 0.25) is 0 Å². The zero-order valence-corrected chi connectivity index (χ0v) is 14.7. The van der Waals surface area contributed by atoms with E-state index in [0.29, 0.717) is 31.7 Å². The number of aromatic nitrogens is 2. The van der Waals surface area contributed by atoms with Gasteiger partial charge in [-0.3, -0.25) is 4.79 Å². The van der Waals surface area contributed by atoms with E-state index in [1.54, 1.807) is 11.0 Å². The van der Waals surface area contributed by atoms with E-state index in [1.807, 2.05) is 0 Å². The zero-order valence-electron chi connectivity index (χ0n) is 13.9. The summed E-state index contributed by atoms with van der Waals surface area (Å²) in [6.07, 6.45) is 3.06. The number of amides is 1. The Labute approximate surface area is 146 Å². The van der Waals surface area contributed by atoms with Crippen molar-refractivity contribution >= 4 is 15.9 Å². The molecule has 2 bridgehead atoms. The Morgan fingerprint density at radius 1 is 1.44 bits per heavy atom. The van der Waals surface area contributed by atoms with E-state index >= 15 is 0 Å². The SMILES string of the molecule is COCCN1C[C@@]23CN(C(=O)c4ccnnc4)C[C@@H](C[C@@H]2S1(=O)=O)O3. The van der Waals surface area contributed by atoms with Crippen LogP contribution < -0.4 is 0 Å². The number of likely N-dealkylation sites (tertiary alicyclic amines) is 1. The van der Waals surface area contributed by atoms with Crippen LogP contribution in [-0.2, 0) is 19.5 Å². The van der Waals surface area contributed by atoms with Gasteiger partial charge in [0.15, 0.2) is 0 Å². The number of carbonyl (C=O) groups is 1. The number of nitrogens with zero attached hydrogens (tertiary/aromatic N) is 4. The second-order valence-electron chi connectivity index (χ2n) is 6.72. The lowest BCUT2D eigenvalue weighted by Crippen LogP contribution is -2.56. The molecule has 136 valence electrons. The minimum Gasteiger partial charge on any atom is -0.383 e. The highest BCUT2D eigenvalue weighted by atomic mass is 32.2. The molecule has 4 rings (SSSR count).